The Morgan fingerprint density at radius 2 is 2.29 bits per heavy atom. The van der Waals surface area contributed by atoms with E-state index in [0.29, 0.717) is 12.1 Å². The molecule has 0 unspecified atom stereocenters. The molecule has 1 heterocycles. The molecule has 0 aliphatic rings. The van der Waals surface area contributed by atoms with E-state index in [0.717, 1.165) is 15.6 Å². The highest BCUT2D eigenvalue weighted by Crippen LogP contribution is 2.14. The topological polar surface area (TPSA) is 55.1 Å². The monoisotopic (exact) mass is 294 g/mol. The molecule has 0 spiro atoms. The van der Waals surface area contributed by atoms with Crippen molar-refractivity contribution >= 4 is 21.9 Å². The van der Waals surface area contributed by atoms with Gasteiger partial charge in [-0.1, -0.05) is 6.07 Å². The van der Waals surface area contributed by atoms with Gasteiger partial charge in [-0.3, -0.25) is 4.68 Å². The van der Waals surface area contributed by atoms with Crippen molar-refractivity contribution in [3.05, 3.63) is 51.8 Å². The molecule has 0 bridgehead atoms. The van der Waals surface area contributed by atoms with Gasteiger partial charge in [-0.2, -0.15) is 5.10 Å². The normalized spacial score (nSPS) is 10.5. The summed E-state index contributed by atoms with van der Waals surface area (Å²) < 4.78 is 2.73. The molecule has 88 valence electrons. The van der Waals surface area contributed by atoms with E-state index < -0.39 is 5.97 Å². The number of hydrogen-bond donors (Lipinski definition) is 1. The maximum absolute atomic E-state index is 10.8. The van der Waals surface area contributed by atoms with Gasteiger partial charge in [-0.25, -0.2) is 4.79 Å². The molecule has 0 saturated heterocycles. The Kier molecular flexibility index (Phi) is 3.28. The zero-order chi connectivity index (χ0) is 12.4. The van der Waals surface area contributed by atoms with Gasteiger partial charge in [0, 0.05) is 6.20 Å². The maximum Gasteiger partial charge on any atom is 0.335 e. The van der Waals surface area contributed by atoms with Crippen LogP contribution in [0.3, 0.4) is 0 Å². The quantitative estimate of drug-likeness (QED) is 0.947. The Morgan fingerprint density at radius 1 is 1.53 bits per heavy atom. The lowest BCUT2D eigenvalue weighted by atomic mass is 10.1. The van der Waals surface area contributed by atoms with Gasteiger partial charge < -0.3 is 5.11 Å². The molecule has 0 atom stereocenters. The highest BCUT2D eigenvalue weighted by molar-refractivity contribution is 9.10. The second-order valence-electron chi connectivity index (χ2n) is 3.80. The van der Waals surface area contributed by atoms with E-state index in [-0.39, 0.29) is 0 Å². The summed E-state index contributed by atoms with van der Waals surface area (Å²) in [6.45, 7) is 2.54. The molecule has 0 radical (unpaired) electrons. The first-order chi connectivity index (χ1) is 8.06. The third-order valence-corrected chi connectivity index (χ3v) is 2.93. The van der Waals surface area contributed by atoms with E-state index in [1.807, 2.05) is 19.2 Å². The number of carbonyl (C=O) groups is 1. The number of aryl methyl sites for hydroxylation is 1. The van der Waals surface area contributed by atoms with E-state index in [2.05, 4.69) is 21.0 Å². The fraction of sp³-hybridized carbons (Fsp3) is 0.167. The van der Waals surface area contributed by atoms with E-state index in [1.54, 1.807) is 23.0 Å². The van der Waals surface area contributed by atoms with E-state index in [1.165, 1.54) is 0 Å². The smallest absolute Gasteiger partial charge is 0.335 e. The van der Waals surface area contributed by atoms with Crippen LogP contribution < -0.4 is 0 Å². The summed E-state index contributed by atoms with van der Waals surface area (Å²) in [5.41, 5.74) is 2.33. The maximum atomic E-state index is 10.8. The highest BCUT2D eigenvalue weighted by atomic mass is 79.9. The highest BCUT2D eigenvalue weighted by Gasteiger charge is 2.06. The molecular formula is C12H11BrN2O2. The van der Waals surface area contributed by atoms with Crippen LogP contribution in [0.5, 0.6) is 0 Å². The number of halogens is 1. The largest absolute Gasteiger partial charge is 0.478 e. The molecular weight excluding hydrogens is 284 g/mol. The summed E-state index contributed by atoms with van der Waals surface area (Å²) in [5.74, 6) is -0.901. The van der Waals surface area contributed by atoms with Gasteiger partial charge in [0.05, 0.1) is 22.8 Å². The molecule has 2 rings (SSSR count). The Bertz CT molecular complexity index is 563. The molecule has 0 aliphatic heterocycles. The first-order valence-electron chi connectivity index (χ1n) is 5.07. The molecule has 0 fully saturated rings. The van der Waals surface area contributed by atoms with Crippen LogP contribution in [0.15, 0.2) is 35.1 Å². The van der Waals surface area contributed by atoms with Crippen molar-refractivity contribution in [1.82, 2.24) is 9.78 Å². The van der Waals surface area contributed by atoms with Gasteiger partial charge in [-0.05, 0) is 46.1 Å². The van der Waals surface area contributed by atoms with E-state index in [4.69, 9.17) is 5.11 Å². The second kappa shape index (κ2) is 4.71. The lowest BCUT2D eigenvalue weighted by molar-refractivity contribution is 0.0697. The predicted molar refractivity (Wildman–Crippen MR) is 67.2 cm³/mol. The average Bonchev–Trinajstić information content (AvgIpc) is 2.67. The first kappa shape index (κ1) is 11.9. The van der Waals surface area contributed by atoms with Crippen molar-refractivity contribution in [1.29, 1.82) is 0 Å². The fourth-order valence-electron chi connectivity index (χ4n) is 1.61. The lowest BCUT2D eigenvalue weighted by Gasteiger charge is -2.07. The lowest BCUT2D eigenvalue weighted by Crippen LogP contribution is -2.04. The van der Waals surface area contributed by atoms with Crippen LogP contribution in [-0.4, -0.2) is 20.9 Å². The standard InChI is InChI=1S/C12H11BrN2O2/c1-8-4-9(12(16)17)2-3-10(8)6-15-7-11(13)5-14-15/h2-5,7H,6H2,1H3,(H,16,17). The van der Waals surface area contributed by atoms with Crippen molar-refractivity contribution in [2.75, 3.05) is 0 Å². The average molecular weight is 295 g/mol. The van der Waals surface area contributed by atoms with Crippen molar-refractivity contribution < 1.29 is 9.90 Å². The Morgan fingerprint density at radius 3 is 2.82 bits per heavy atom. The van der Waals surface area contributed by atoms with Crippen LogP contribution in [0.25, 0.3) is 0 Å². The molecule has 2 aromatic rings. The zero-order valence-electron chi connectivity index (χ0n) is 9.22. The molecule has 5 heteroatoms. The summed E-state index contributed by atoms with van der Waals surface area (Å²) in [4.78, 5) is 10.8. The van der Waals surface area contributed by atoms with Crippen LogP contribution >= 0.6 is 15.9 Å². The number of nitrogens with zero attached hydrogens (tertiary/aromatic N) is 2. The summed E-state index contributed by atoms with van der Waals surface area (Å²) in [5, 5.41) is 13.0. The van der Waals surface area contributed by atoms with Crippen LogP contribution in [0, 0.1) is 6.92 Å². The second-order valence-corrected chi connectivity index (χ2v) is 4.72. The molecule has 4 nitrogen and oxygen atoms in total. The minimum absolute atomic E-state index is 0.313. The van der Waals surface area contributed by atoms with Crippen LogP contribution in [0.4, 0.5) is 0 Å². The number of aromatic carboxylic acids is 1. The van der Waals surface area contributed by atoms with Gasteiger partial charge in [0.1, 0.15) is 0 Å². The van der Waals surface area contributed by atoms with Gasteiger partial charge in [-0.15, -0.1) is 0 Å². The van der Waals surface area contributed by atoms with E-state index >= 15 is 0 Å². The van der Waals surface area contributed by atoms with Gasteiger partial charge in [0.25, 0.3) is 0 Å². The third kappa shape index (κ3) is 2.74. The summed E-state index contributed by atoms with van der Waals surface area (Å²) >= 11 is 3.33. The predicted octanol–water partition coefficient (Wildman–Crippen LogP) is 2.70. The van der Waals surface area contributed by atoms with Crippen molar-refractivity contribution in [3.8, 4) is 0 Å². The van der Waals surface area contributed by atoms with Crippen molar-refractivity contribution in [2.24, 2.45) is 0 Å². The molecule has 0 amide bonds. The summed E-state index contributed by atoms with van der Waals surface area (Å²) in [6, 6.07) is 5.12. The zero-order valence-corrected chi connectivity index (χ0v) is 10.8. The van der Waals surface area contributed by atoms with Gasteiger partial charge in [0.15, 0.2) is 0 Å². The number of carboxylic acid groups (broad SMARTS) is 1. The molecule has 1 N–H and O–H groups in total. The van der Waals surface area contributed by atoms with Gasteiger partial charge in [0.2, 0.25) is 0 Å². The molecule has 0 aliphatic carbocycles. The number of benzene rings is 1. The number of rotatable bonds is 3. The van der Waals surface area contributed by atoms with E-state index in [9.17, 15) is 4.79 Å². The van der Waals surface area contributed by atoms with Gasteiger partial charge >= 0.3 is 5.97 Å². The minimum Gasteiger partial charge on any atom is -0.478 e. The Balaban J connectivity index is 2.25. The Labute approximate surface area is 107 Å². The van der Waals surface area contributed by atoms with Crippen LogP contribution in [0.2, 0.25) is 0 Å². The number of hydrogen-bond acceptors (Lipinski definition) is 2. The molecule has 1 aromatic carbocycles. The number of aromatic nitrogens is 2. The molecule has 1 aromatic heterocycles. The Hall–Kier alpha value is -1.62. The summed E-state index contributed by atoms with van der Waals surface area (Å²) in [6.07, 6.45) is 3.60. The van der Waals surface area contributed by atoms with Crippen molar-refractivity contribution in [2.45, 2.75) is 13.5 Å². The van der Waals surface area contributed by atoms with Crippen LogP contribution in [0.1, 0.15) is 21.5 Å². The third-order valence-electron chi connectivity index (χ3n) is 2.52. The molecule has 17 heavy (non-hydrogen) atoms. The number of carboxylic acids is 1. The molecule has 0 saturated carbocycles. The van der Waals surface area contributed by atoms with Crippen molar-refractivity contribution in [3.63, 3.8) is 0 Å². The SMILES string of the molecule is Cc1cc(C(=O)O)ccc1Cn1cc(Br)cn1. The minimum atomic E-state index is -0.901. The fourth-order valence-corrected chi connectivity index (χ4v) is 1.93. The van der Waals surface area contributed by atoms with Crippen LogP contribution in [-0.2, 0) is 6.54 Å². The summed E-state index contributed by atoms with van der Waals surface area (Å²) in [7, 11) is 0. The first-order valence-corrected chi connectivity index (χ1v) is 5.86.